The highest BCUT2D eigenvalue weighted by Gasteiger charge is 2.20. The number of pyridine rings is 1. The van der Waals surface area contributed by atoms with Crippen molar-refractivity contribution in [1.29, 1.82) is 0 Å². The zero-order valence-corrected chi connectivity index (χ0v) is 12.3. The number of nitrogens with zero attached hydrogens (tertiary/aromatic N) is 1. The van der Waals surface area contributed by atoms with Crippen LogP contribution in [0.5, 0.6) is 11.5 Å². The molecule has 1 aromatic carbocycles. The summed E-state index contributed by atoms with van der Waals surface area (Å²) in [6.45, 7) is 0.237. The van der Waals surface area contributed by atoms with Crippen molar-refractivity contribution in [2.75, 3.05) is 7.11 Å². The number of aromatic nitrogens is 1. The lowest BCUT2D eigenvalue weighted by Gasteiger charge is -2.13. The lowest BCUT2D eigenvalue weighted by Crippen LogP contribution is -2.08. The monoisotopic (exact) mass is 337 g/mol. The average Bonchev–Trinajstić information content (AvgIpc) is 2.46. The van der Waals surface area contributed by atoms with Crippen molar-refractivity contribution in [3.05, 3.63) is 52.3 Å². The van der Waals surface area contributed by atoms with Crippen LogP contribution in [0.3, 0.4) is 0 Å². The molecule has 0 aliphatic rings. The van der Waals surface area contributed by atoms with Crippen LogP contribution < -0.4 is 9.47 Å². The fourth-order valence-corrected chi connectivity index (χ4v) is 2.03. The Balaban J connectivity index is 2.32. The van der Waals surface area contributed by atoms with Gasteiger partial charge in [-0.05, 0) is 21.5 Å². The van der Waals surface area contributed by atoms with Gasteiger partial charge in [0.05, 0.1) is 7.11 Å². The molecule has 1 N–H and O–H groups in total. The van der Waals surface area contributed by atoms with E-state index in [9.17, 15) is 9.90 Å². The molecule has 0 unspecified atom stereocenters. The maximum absolute atomic E-state index is 11.2. The van der Waals surface area contributed by atoms with E-state index < -0.39 is 5.97 Å². The molecule has 5 nitrogen and oxygen atoms in total. The quantitative estimate of drug-likeness (QED) is 0.849. The minimum Gasteiger partial charge on any atom is -0.493 e. The lowest BCUT2D eigenvalue weighted by molar-refractivity contribution is 0.0683. The summed E-state index contributed by atoms with van der Waals surface area (Å²) in [5, 5.41) is 9.19. The van der Waals surface area contributed by atoms with Crippen LogP contribution in [0.4, 0.5) is 0 Å². The minimum atomic E-state index is -1.17. The van der Waals surface area contributed by atoms with E-state index in [0.29, 0.717) is 10.4 Å². The summed E-state index contributed by atoms with van der Waals surface area (Å²) in [6, 6.07) is 11.0. The van der Waals surface area contributed by atoms with Gasteiger partial charge in [-0.1, -0.05) is 30.3 Å². The van der Waals surface area contributed by atoms with Gasteiger partial charge in [-0.25, -0.2) is 9.78 Å². The average molecular weight is 338 g/mol. The number of ether oxygens (including phenoxy) is 2. The Kier molecular flexibility index (Phi) is 4.57. The molecule has 1 aromatic heterocycles. The van der Waals surface area contributed by atoms with Crippen LogP contribution in [0.2, 0.25) is 0 Å². The van der Waals surface area contributed by atoms with Crippen molar-refractivity contribution in [3.63, 3.8) is 0 Å². The summed E-state index contributed by atoms with van der Waals surface area (Å²) in [4.78, 5) is 15.1. The predicted octanol–water partition coefficient (Wildman–Crippen LogP) is 3.13. The first-order valence-electron chi connectivity index (χ1n) is 5.76. The Bertz CT molecular complexity index is 616. The zero-order valence-electron chi connectivity index (χ0n) is 10.7. The number of hydrogen-bond donors (Lipinski definition) is 1. The van der Waals surface area contributed by atoms with Gasteiger partial charge in [-0.3, -0.25) is 0 Å². The molecule has 0 atom stereocenters. The van der Waals surface area contributed by atoms with Crippen LogP contribution in [0, 0.1) is 0 Å². The zero-order chi connectivity index (χ0) is 14.5. The molecule has 6 heteroatoms. The molecule has 0 saturated carbocycles. The van der Waals surface area contributed by atoms with Gasteiger partial charge in [-0.15, -0.1) is 0 Å². The van der Waals surface area contributed by atoms with Gasteiger partial charge >= 0.3 is 5.97 Å². The summed E-state index contributed by atoms with van der Waals surface area (Å²) in [7, 11) is 1.45. The third-order valence-electron chi connectivity index (χ3n) is 2.56. The third-order valence-corrected chi connectivity index (χ3v) is 2.96. The Hall–Kier alpha value is -2.08. The van der Waals surface area contributed by atoms with Gasteiger partial charge in [-0.2, -0.15) is 0 Å². The fourth-order valence-electron chi connectivity index (χ4n) is 1.65. The molecule has 0 fully saturated rings. The molecule has 0 bridgehead atoms. The van der Waals surface area contributed by atoms with E-state index >= 15 is 0 Å². The number of benzene rings is 1. The van der Waals surface area contributed by atoms with Gasteiger partial charge in [0, 0.05) is 6.07 Å². The molecular formula is C14H12BrNO4. The summed E-state index contributed by atoms with van der Waals surface area (Å²) in [5.74, 6) is -0.736. The van der Waals surface area contributed by atoms with Crippen LogP contribution in [0.25, 0.3) is 0 Å². The Morgan fingerprint density at radius 1 is 1.35 bits per heavy atom. The SMILES string of the molecule is COc1cc(Br)nc(C(=O)O)c1OCc1ccccc1. The van der Waals surface area contributed by atoms with E-state index in [4.69, 9.17) is 9.47 Å². The molecule has 0 aliphatic heterocycles. The number of carboxylic acids is 1. The Labute approximate surface area is 124 Å². The van der Waals surface area contributed by atoms with Gasteiger partial charge in [0.1, 0.15) is 11.2 Å². The fraction of sp³-hybridized carbons (Fsp3) is 0.143. The topological polar surface area (TPSA) is 68.7 Å². The Morgan fingerprint density at radius 2 is 2.05 bits per heavy atom. The number of carboxylic acid groups (broad SMARTS) is 1. The van der Waals surface area contributed by atoms with E-state index in [0.717, 1.165) is 5.56 Å². The summed E-state index contributed by atoms with van der Waals surface area (Å²) in [5.41, 5.74) is 0.737. The smallest absolute Gasteiger partial charge is 0.358 e. The molecule has 0 amide bonds. The van der Waals surface area contributed by atoms with Crippen molar-refractivity contribution < 1.29 is 19.4 Å². The second-order valence-corrected chi connectivity index (χ2v) is 4.72. The molecule has 1 heterocycles. The number of halogens is 1. The van der Waals surface area contributed by atoms with Crippen molar-refractivity contribution >= 4 is 21.9 Å². The molecule has 104 valence electrons. The standard InChI is InChI=1S/C14H12BrNO4/c1-19-10-7-11(15)16-12(14(17)18)13(10)20-8-9-5-3-2-4-6-9/h2-7H,8H2,1H3,(H,17,18). The van der Waals surface area contributed by atoms with E-state index in [2.05, 4.69) is 20.9 Å². The number of aromatic carboxylic acids is 1. The van der Waals surface area contributed by atoms with E-state index in [-0.39, 0.29) is 18.1 Å². The first kappa shape index (κ1) is 14.3. The molecule has 0 spiro atoms. The van der Waals surface area contributed by atoms with E-state index in [1.807, 2.05) is 30.3 Å². The molecule has 2 aromatic rings. The van der Waals surface area contributed by atoms with Gasteiger partial charge in [0.15, 0.2) is 17.2 Å². The van der Waals surface area contributed by atoms with E-state index in [1.165, 1.54) is 7.11 Å². The summed E-state index contributed by atoms with van der Waals surface area (Å²) in [6.07, 6.45) is 0. The predicted molar refractivity (Wildman–Crippen MR) is 76.2 cm³/mol. The van der Waals surface area contributed by atoms with Crippen LogP contribution in [0.15, 0.2) is 41.0 Å². The second-order valence-electron chi connectivity index (χ2n) is 3.90. The van der Waals surface area contributed by atoms with Crippen LogP contribution >= 0.6 is 15.9 Å². The highest BCUT2D eigenvalue weighted by molar-refractivity contribution is 9.10. The highest BCUT2D eigenvalue weighted by Crippen LogP contribution is 2.33. The van der Waals surface area contributed by atoms with Gasteiger partial charge < -0.3 is 14.6 Å². The number of hydrogen-bond acceptors (Lipinski definition) is 4. The molecule has 20 heavy (non-hydrogen) atoms. The molecular weight excluding hydrogens is 326 g/mol. The minimum absolute atomic E-state index is 0.118. The molecule has 2 rings (SSSR count). The molecule has 0 radical (unpaired) electrons. The first-order chi connectivity index (χ1) is 9.61. The normalized spacial score (nSPS) is 10.1. The Morgan fingerprint density at radius 3 is 2.65 bits per heavy atom. The first-order valence-corrected chi connectivity index (χ1v) is 6.55. The van der Waals surface area contributed by atoms with Crippen molar-refractivity contribution in [2.45, 2.75) is 6.61 Å². The summed E-state index contributed by atoms with van der Waals surface area (Å²) < 4.78 is 11.1. The maximum atomic E-state index is 11.2. The van der Waals surface area contributed by atoms with Crippen LogP contribution in [0.1, 0.15) is 16.1 Å². The molecule has 0 saturated heterocycles. The highest BCUT2D eigenvalue weighted by atomic mass is 79.9. The summed E-state index contributed by atoms with van der Waals surface area (Å²) >= 11 is 3.14. The van der Waals surface area contributed by atoms with Gasteiger partial charge in [0.25, 0.3) is 0 Å². The van der Waals surface area contributed by atoms with Crippen molar-refractivity contribution in [1.82, 2.24) is 4.98 Å². The van der Waals surface area contributed by atoms with Crippen molar-refractivity contribution in [2.24, 2.45) is 0 Å². The number of rotatable bonds is 5. The largest absolute Gasteiger partial charge is 0.493 e. The van der Waals surface area contributed by atoms with Crippen molar-refractivity contribution in [3.8, 4) is 11.5 Å². The molecule has 0 aliphatic carbocycles. The number of carbonyl (C=O) groups is 1. The van der Waals surface area contributed by atoms with Crippen LogP contribution in [-0.2, 0) is 6.61 Å². The van der Waals surface area contributed by atoms with E-state index in [1.54, 1.807) is 6.07 Å². The third kappa shape index (κ3) is 3.27. The van der Waals surface area contributed by atoms with Crippen LogP contribution in [-0.4, -0.2) is 23.2 Å². The number of methoxy groups -OCH3 is 1. The second kappa shape index (κ2) is 6.38. The lowest BCUT2D eigenvalue weighted by atomic mass is 10.2. The maximum Gasteiger partial charge on any atom is 0.358 e. The van der Waals surface area contributed by atoms with Gasteiger partial charge in [0.2, 0.25) is 0 Å².